The lowest BCUT2D eigenvalue weighted by atomic mass is 10.3. The van der Waals surface area contributed by atoms with Crippen molar-refractivity contribution in [2.75, 3.05) is 39.3 Å². The zero-order valence-electron chi connectivity index (χ0n) is 15.2. The molecule has 0 radical (unpaired) electrons. The maximum atomic E-state index is 9.82. The molecule has 0 heterocycles. The highest BCUT2D eigenvalue weighted by molar-refractivity contribution is 6.62. The van der Waals surface area contributed by atoms with Crippen LogP contribution in [0, 0.1) is 0 Å². The Morgan fingerprint density at radius 2 is 1.20 bits per heavy atom. The molecule has 2 atom stereocenters. The van der Waals surface area contributed by atoms with E-state index in [-0.39, 0.29) is 0 Å². The number of aliphatic imine (C=N–C) groups is 2. The fourth-order valence-electron chi connectivity index (χ4n) is 1.85. The molecule has 1 rings (SSSR count). The average molecular weight is 352 g/mol. The van der Waals surface area contributed by atoms with Gasteiger partial charge in [0, 0.05) is 57.4 Å². The number of aliphatic hydroxyl groups is 2. The summed E-state index contributed by atoms with van der Waals surface area (Å²) in [7, 11) is 0. The number of aliphatic hydroxyl groups excluding tert-OH is 2. The van der Waals surface area contributed by atoms with Crippen LogP contribution >= 0.6 is 0 Å². The van der Waals surface area contributed by atoms with E-state index >= 15 is 0 Å². The first kappa shape index (κ1) is 21.0. The Kier molecular flexibility index (Phi) is 11.1. The van der Waals surface area contributed by atoms with Crippen molar-refractivity contribution in [3.05, 3.63) is 24.8 Å². The summed E-state index contributed by atoms with van der Waals surface area (Å²) in [6.07, 6.45) is 6.85. The summed E-state index contributed by atoms with van der Waals surface area (Å²) in [6.45, 7) is 7.39. The van der Waals surface area contributed by atoms with E-state index < -0.39 is 12.2 Å². The van der Waals surface area contributed by atoms with Gasteiger partial charge in [-0.25, -0.2) is 0 Å². The van der Waals surface area contributed by atoms with Gasteiger partial charge in [-0.2, -0.15) is 0 Å². The molecule has 1 fully saturated rings. The third-order valence-electron chi connectivity index (χ3n) is 3.28. The molecule has 0 spiro atoms. The predicted octanol–water partition coefficient (Wildman–Crippen LogP) is -0.665. The van der Waals surface area contributed by atoms with Crippen LogP contribution in [0.1, 0.15) is 20.3 Å². The van der Waals surface area contributed by atoms with Crippen LogP contribution < -0.4 is 21.3 Å². The number of rotatable bonds is 14. The quantitative estimate of drug-likeness (QED) is 0.247. The van der Waals surface area contributed by atoms with Gasteiger partial charge in [0.2, 0.25) is 0 Å². The Morgan fingerprint density at radius 3 is 1.60 bits per heavy atom. The molecule has 1 aliphatic carbocycles. The van der Waals surface area contributed by atoms with Gasteiger partial charge < -0.3 is 31.5 Å². The number of hydrogen-bond donors (Lipinski definition) is 6. The molecule has 8 nitrogen and oxygen atoms in total. The minimum Gasteiger partial charge on any atom is -0.390 e. The normalized spacial score (nSPS) is 19.5. The zero-order chi connectivity index (χ0) is 18.3. The Morgan fingerprint density at radius 1 is 0.800 bits per heavy atom. The Hall–Kier alpha value is -2.06. The van der Waals surface area contributed by atoms with Gasteiger partial charge in [0.15, 0.2) is 0 Å². The standard InChI is InChI=1S/C17H32N6O2/c1-3-18-5-7-20-10-14(24)12-22-16-9-17(16)23-13-15(25)11-21-8-6-19-4-2/h5-8,14-15,18-21,24-25H,3-4,9-13H2,1-2H3/b7-5-,8-6-,22-16+,23-17+. The SMILES string of the molecule is CCN/C=C\NCC(O)C/N=C1\C\C1=N/CC(O)CN/C=C\NCC. The fourth-order valence-corrected chi connectivity index (χ4v) is 1.85. The lowest BCUT2D eigenvalue weighted by Gasteiger charge is -2.07. The summed E-state index contributed by atoms with van der Waals surface area (Å²) in [4.78, 5) is 8.69. The summed E-state index contributed by atoms with van der Waals surface area (Å²) < 4.78 is 0. The largest absolute Gasteiger partial charge is 0.390 e. The first-order chi connectivity index (χ1) is 12.2. The fraction of sp³-hybridized carbons (Fsp3) is 0.647. The molecule has 1 saturated carbocycles. The second-order valence-corrected chi connectivity index (χ2v) is 5.66. The van der Waals surface area contributed by atoms with E-state index in [9.17, 15) is 10.2 Å². The smallest absolute Gasteiger partial charge is 0.0907 e. The molecule has 142 valence electrons. The van der Waals surface area contributed by atoms with E-state index in [1.165, 1.54) is 0 Å². The van der Waals surface area contributed by atoms with Crippen molar-refractivity contribution in [2.24, 2.45) is 9.98 Å². The first-order valence-corrected chi connectivity index (χ1v) is 8.84. The summed E-state index contributed by atoms with van der Waals surface area (Å²) in [5.74, 6) is 0. The summed E-state index contributed by atoms with van der Waals surface area (Å²) in [5, 5.41) is 31.7. The second-order valence-electron chi connectivity index (χ2n) is 5.66. The highest BCUT2D eigenvalue weighted by atomic mass is 16.3. The molecule has 0 saturated heterocycles. The maximum absolute atomic E-state index is 9.82. The molecule has 2 unspecified atom stereocenters. The van der Waals surface area contributed by atoms with Crippen molar-refractivity contribution >= 4 is 11.4 Å². The van der Waals surface area contributed by atoms with Crippen LogP contribution in [0.2, 0.25) is 0 Å². The molecule has 8 heteroatoms. The van der Waals surface area contributed by atoms with Crippen LogP contribution in [0.25, 0.3) is 0 Å². The van der Waals surface area contributed by atoms with Crippen LogP contribution in [-0.2, 0) is 0 Å². The van der Waals surface area contributed by atoms with Crippen molar-refractivity contribution in [3.63, 3.8) is 0 Å². The van der Waals surface area contributed by atoms with E-state index in [0.29, 0.717) is 26.2 Å². The van der Waals surface area contributed by atoms with Crippen LogP contribution in [0.15, 0.2) is 34.8 Å². The zero-order valence-corrected chi connectivity index (χ0v) is 15.2. The van der Waals surface area contributed by atoms with E-state index in [1.807, 2.05) is 13.8 Å². The van der Waals surface area contributed by atoms with E-state index in [0.717, 1.165) is 30.9 Å². The van der Waals surface area contributed by atoms with Crippen molar-refractivity contribution in [2.45, 2.75) is 32.5 Å². The predicted molar refractivity (Wildman–Crippen MR) is 103 cm³/mol. The number of nitrogens with zero attached hydrogens (tertiary/aromatic N) is 2. The molecule has 0 aliphatic heterocycles. The highest BCUT2D eigenvalue weighted by Gasteiger charge is 2.25. The summed E-state index contributed by atoms with van der Waals surface area (Å²) in [6, 6.07) is 0. The molecule has 0 aromatic rings. The van der Waals surface area contributed by atoms with Gasteiger partial charge in [-0.05, 0) is 13.8 Å². The van der Waals surface area contributed by atoms with E-state index in [1.54, 1.807) is 24.8 Å². The third-order valence-corrected chi connectivity index (χ3v) is 3.28. The lowest BCUT2D eigenvalue weighted by Crippen LogP contribution is -2.26. The average Bonchev–Trinajstić information content (AvgIpc) is 3.36. The highest BCUT2D eigenvalue weighted by Crippen LogP contribution is 2.12. The second kappa shape index (κ2) is 13.3. The van der Waals surface area contributed by atoms with Crippen LogP contribution in [0.3, 0.4) is 0 Å². The van der Waals surface area contributed by atoms with Gasteiger partial charge in [0.1, 0.15) is 0 Å². The van der Waals surface area contributed by atoms with Gasteiger partial charge in [-0.1, -0.05) is 0 Å². The lowest BCUT2D eigenvalue weighted by molar-refractivity contribution is 0.184. The van der Waals surface area contributed by atoms with Crippen LogP contribution in [-0.4, -0.2) is 73.1 Å². The molecule has 0 amide bonds. The van der Waals surface area contributed by atoms with Crippen LogP contribution in [0.4, 0.5) is 0 Å². The van der Waals surface area contributed by atoms with Crippen LogP contribution in [0.5, 0.6) is 0 Å². The van der Waals surface area contributed by atoms with Gasteiger partial charge in [0.05, 0.1) is 36.7 Å². The third kappa shape index (κ3) is 11.2. The van der Waals surface area contributed by atoms with Crippen molar-refractivity contribution in [3.8, 4) is 0 Å². The van der Waals surface area contributed by atoms with E-state index in [2.05, 4.69) is 31.3 Å². The Bertz CT molecular complexity index is 434. The summed E-state index contributed by atoms with van der Waals surface area (Å²) >= 11 is 0. The molecule has 0 aromatic heterocycles. The van der Waals surface area contributed by atoms with E-state index in [4.69, 9.17) is 0 Å². The number of nitrogens with one attached hydrogen (secondary N) is 4. The minimum absolute atomic E-state index is 0.357. The monoisotopic (exact) mass is 352 g/mol. The number of hydrogen-bond acceptors (Lipinski definition) is 8. The Balaban J connectivity index is 2.13. The molecular formula is C17H32N6O2. The van der Waals surface area contributed by atoms with Gasteiger partial charge in [-0.3, -0.25) is 9.98 Å². The topological polar surface area (TPSA) is 113 Å². The van der Waals surface area contributed by atoms with Crippen molar-refractivity contribution in [1.29, 1.82) is 0 Å². The van der Waals surface area contributed by atoms with Gasteiger partial charge >= 0.3 is 0 Å². The molecule has 6 N–H and O–H groups in total. The molecule has 0 bridgehead atoms. The Labute approximate surface area is 150 Å². The molecule has 25 heavy (non-hydrogen) atoms. The molecule has 1 aliphatic rings. The maximum Gasteiger partial charge on any atom is 0.0907 e. The van der Waals surface area contributed by atoms with Gasteiger partial charge in [0.25, 0.3) is 0 Å². The van der Waals surface area contributed by atoms with Crippen molar-refractivity contribution in [1.82, 2.24) is 21.3 Å². The molecular weight excluding hydrogens is 320 g/mol. The minimum atomic E-state index is -0.529. The molecule has 0 aromatic carbocycles. The summed E-state index contributed by atoms with van der Waals surface area (Å²) in [5.41, 5.74) is 1.85. The van der Waals surface area contributed by atoms with Crippen molar-refractivity contribution < 1.29 is 10.2 Å². The van der Waals surface area contributed by atoms with Gasteiger partial charge in [-0.15, -0.1) is 0 Å². The first-order valence-electron chi connectivity index (χ1n) is 8.84.